The molecule has 6 rings (SSSR count). The molecule has 0 bridgehead atoms. The number of hydrogen-bond acceptors (Lipinski definition) is 4. The van der Waals surface area contributed by atoms with Crippen molar-refractivity contribution in [1.82, 2.24) is 5.32 Å². The third-order valence-electron chi connectivity index (χ3n) is 7.87. The quantitative estimate of drug-likeness (QED) is 0.148. The molecule has 12 heteroatoms. The maximum atomic E-state index is 12.5. The van der Waals surface area contributed by atoms with Gasteiger partial charge in [-0.15, -0.1) is 0 Å². The summed E-state index contributed by atoms with van der Waals surface area (Å²) in [6, 6.07) is 22.1. The number of Topliss-reactive ketones (excluding diaryl/α,β-unsaturated/α-hetero) is 1. The fourth-order valence-electron chi connectivity index (χ4n) is 4.23. The van der Waals surface area contributed by atoms with Gasteiger partial charge in [-0.1, -0.05) is 135 Å². The third kappa shape index (κ3) is 40.4. The normalized spacial score (nSPS) is 11.8. The number of aryl methyl sites for hydroxylation is 4. The van der Waals surface area contributed by atoms with Crippen LogP contribution in [0.5, 0.6) is 0 Å². The summed E-state index contributed by atoms with van der Waals surface area (Å²) in [7, 11) is -0.655. The lowest BCUT2D eigenvalue weighted by Crippen LogP contribution is -2.06. The predicted octanol–water partition coefficient (Wildman–Crippen LogP) is 14.7. The van der Waals surface area contributed by atoms with Crippen LogP contribution in [-0.2, 0) is 40.3 Å². The number of ketones is 1. The van der Waals surface area contributed by atoms with Crippen molar-refractivity contribution in [2.24, 2.45) is 5.92 Å². The fourth-order valence-corrected chi connectivity index (χ4v) is 4.43. The fraction of sp³-hybridized carbons (Fsp3) is 0.500. The number of rotatable bonds is 7. The molecule has 352 valence electrons. The van der Waals surface area contributed by atoms with E-state index in [1.165, 1.54) is 76.5 Å². The Morgan fingerprint density at radius 1 is 0.597 bits per heavy atom. The van der Waals surface area contributed by atoms with Crippen LogP contribution in [0.3, 0.4) is 0 Å². The molecule has 2 fully saturated rings. The molecule has 4 aromatic rings. The number of sulfone groups is 1. The summed E-state index contributed by atoms with van der Waals surface area (Å²) in [5.41, 5.74) is 3.75. The van der Waals surface area contributed by atoms with Crippen LogP contribution >= 0.6 is 11.6 Å². The highest BCUT2D eigenvalue weighted by molar-refractivity contribution is 7.89. The van der Waals surface area contributed by atoms with Crippen LogP contribution in [0.15, 0.2) is 78.9 Å². The van der Waals surface area contributed by atoms with Gasteiger partial charge in [-0.2, -0.15) is 0 Å². The Bertz CT molecular complexity index is 1770. The van der Waals surface area contributed by atoms with Crippen LogP contribution in [-0.4, -0.2) is 39.8 Å². The highest BCUT2D eigenvalue weighted by Crippen LogP contribution is 2.33. The third-order valence-corrected chi connectivity index (χ3v) is 8.16. The summed E-state index contributed by atoms with van der Waals surface area (Å²) < 4.78 is 93.5. The SMILES string of the molecule is CC(C)=O.CCC.CCCC1CC1.CCc1cc(F)c(F)c(F)c1.CCc1ccc(F)c(Cl)c1.CCc1ccc(F)c(F)c1.CCc1ccccc1.CNC1CC1.CS(C)(=O)=O. The van der Waals surface area contributed by atoms with Crippen LogP contribution in [0.1, 0.15) is 130 Å². The van der Waals surface area contributed by atoms with Crippen LogP contribution in [0.4, 0.5) is 26.3 Å². The zero-order valence-electron chi connectivity index (χ0n) is 39.2. The Hall–Kier alpha value is -3.67. The lowest BCUT2D eigenvalue weighted by atomic mass is 10.1. The molecule has 0 radical (unpaired) electrons. The molecule has 0 amide bonds. The van der Waals surface area contributed by atoms with Gasteiger partial charge in [0.15, 0.2) is 29.1 Å². The van der Waals surface area contributed by atoms with Crippen molar-refractivity contribution in [3.8, 4) is 0 Å². The first kappa shape index (κ1) is 62.6. The Balaban J connectivity index is -0.000000648. The molecule has 0 unspecified atom stereocenters. The van der Waals surface area contributed by atoms with Gasteiger partial charge < -0.3 is 10.1 Å². The first-order chi connectivity index (χ1) is 29.1. The summed E-state index contributed by atoms with van der Waals surface area (Å²) >= 11 is 5.52. The van der Waals surface area contributed by atoms with Gasteiger partial charge >= 0.3 is 0 Å². The molecule has 4 aromatic carbocycles. The molecule has 2 aliphatic carbocycles. The van der Waals surface area contributed by atoms with E-state index < -0.39 is 38.9 Å². The predicted molar refractivity (Wildman–Crippen MR) is 251 cm³/mol. The first-order valence-electron chi connectivity index (χ1n) is 21.4. The van der Waals surface area contributed by atoms with E-state index in [4.69, 9.17) is 11.6 Å². The summed E-state index contributed by atoms with van der Waals surface area (Å²) in [5.74, 6) is -4.23. The van der Waals surface area contributed by atoms with E-state index >= 15 is 0 Å². The van der Waals surface area contributed by atoms with Crippen molar-refractivity contribution in [1.29, 1.82) is 0 Å². The second-order valence-electron chi connectivity index (χ2n) is 14.8. The highest BCUT2D eigenvalue weighted by atomic mass is 35.5. The molecule has 2 aliphatic rings. The van der Waals surface area contributed by atoms with E-state index in [1.807, 2.05) is 27.0 Å². The average Bonchev–Trinajstić information content (AvgIpc) is 4.17. The number of carbonyl (C=O) groups excluding carboxylic acids is 1. The Morgan fingerprint density at radius 3 is 1.26 bits per heavy atom. The van der Waals surface area contributed by atoms with Crippen LogP contribution in [0.25, 0.3) is 0 Å². The lowest BCUT2D eigenvalue weighted by molar-refractivity contribution is -0.115. The maximum absolute atomic E-state index is 12.5. The number of hydrogen-bond donors (Lipinski definition) is 1. The van der Waals surface area contributed by atoms with Crippen molar-refractivity contribution in [3.63, 3.8) is 0 Å². The van der Waals surface area contributed by atoms with Crippen LogP contribution in [0, 0.1) is 40.8 Å². The molecule has 0 atom stereocenters. The minimum absolute atomic E-state index is 0.167. The van der Waals surface area contributed by atoms with Gasteiger partial charge in [0.05, 0.1) is 5.02 Å². The van der Waals surface area contributed by atoms with Gasteiger partial charge in [0, 0.05) is 18.6 Å². The summed E-state index contributed by atoms with van der Waals surface area (Å²) in [5, 5.41) is 3.35. The van der Waals surface area contributed by atoms with Gasteiger partial charge in [-0.05, 0) is 124 Å². The monoisotopic (exact) mass is 917 g/mol. The number of halogens is 7. The van der Waals surface area contributed by atoms with Crippen molar-refractivity contribution in [2.75, 3.05) is 19.6 Å². The standard InChI is InChI=1S/C8H8ClF.C8H7F3.C8H8F2.C8H10.C6H12.C4H9N.C3H6O.C3H8.C2H6O2S/c1-2-6-3-4-8(10)7(9)5-6;1-2-5-3-6(9)8(11)7(10)4-5;1-2-6-3-4-7(9)8(10)5-6;1-2-8-6-4-3-5-7-8;1-2-3-6-4-5-6;1-5-4-2-3-4;1-3(2)4;1-3-2;1-5(2,3)4/h3-5H,2H2,1H3;3-4H,2H2,1H3;3-5H,2H2,1H3;3-7H,2H2,1H3;6H,2-5H2,1H3;4-5H,2-3H2,1H3;1-2H3;3H2,1-2H3;1-2H3. The molecule has 1 N–H and O–H groups in total. The van der Waals surface area contributed by atoms with Gasteiger partial charge in [0.25, 0.3) is 0 Å². The van der Waals surface area contributed by atoms with E-state index in [0.29, 0.717) is 12.0 Å². The van der Waals surface area contributed by atoms with E-state index in [9.17, 15) is 39.6 Å². The Labute approximate surface area is 376 Å². The van der Waals surface area contributed by atoms with Gasteiger partial charge in [-0.25, -0.2) is 34.8 Å². The second kappa shape index (κ2) is 37.8. The number of carbonyl (C=O) groups is 1. The summed E-state index contributed by atoms with van der Waals surface area (Å²) in [6.07, 6.45) is 15.5. The average molecular weight is 919 g/mol. The van der Waals surface area contributed by atoms with E-state index in [0.717, 1.165) is 73.1 Å². The van der Waals surface area contributed by atoms with Crippen LogP contribution in [0.2, 0.25) is 5.02 Å². The molecule has 0 aromatic heterocycles. The Morgan fingerprint density at radius 2 is 0.984 bits per heavy atom. The summed E-state index contributed by atoms with van der Waals surface area (Å²) in [6.45, 7) is 17.4. The van der Waals surface area contributed by atoms with Gasteiger partial charge in [-0.3, -0.25) is 0 Å². The summed E-state index contributed by atoms with van der Waals surface area (Å²) in [4.78, 5) is 9.44. The van der Waals surface area contributed by atoms with E-state index in [1.54, 1.807) is 25.1 Å². The topological polar surface area (TPSA) is 63.2 Å². The van der Waals surface area contributed by atoms with Crippen molar-refractivity contribution < 1.29 is 39.6 Å². The minimum atomic E-state index is -2.67. The smallest absolute Gasteiger partial charge is 0.194 e. The maximum Gasteiger partial charge on any atom is 0.194 e. The van der Waals surface area contributed by atoms with E-state index in [-0.39, 0.29) is 16.6 Å². The zero-order chi connectivity index (χ0) is 48.3. The van der Waals surface area contributed by atoms with Gasteiger partial charge in [0.1, 0.15) is 21.4 Å². The molecular weight excluding hydrogens is 844 g/mol. The van der Waals surface area contributed by atoms with Crippen molar-refractivity contribution in [2.45, 2.75) is 139 Å². The molecule has 0 spiro atoms. The first-order valence-corrected chi connectivity index (χ1v) is 24.1. The largest absolute Gasteiger partial charge is 0.317 e. The van der Waals surface area contributed by atoms with Gasteiger partial charge in [0.2, 0.25) is 0 Å². The zero-order valence-corrected chi connectivity index (χ0v) is 40.8. The Kier molecular flexibility index (Phi) is 38.2. The highest BCUT2D eigenvalue weighted by Gasteiger charge is 2.19. The second-order valence-corrected chi connectivity index (χ2v) is 17.5. The molecule has 4 nitrogen and oxygen atoms in total. The number of nitrogens with one attached hydrogen (secondary N) is 1. The van der Waals surface area contributed by atoms with Crippen LogP contribution < -0.4 is 5.32 Å². The molecule has 0 aliphatic heterocycles. The number of benzene rings is 4. The molecule has 2 saturated carbocycles. The minimum Gasteiger partial charge on any atom is -0.317 e. The van der Waals surface area contributed by atoms with Crippen molar-refractivity contribution in [3.05, 3.63) is 141 Å². The molecule has 62 heavy (non-hydrogen) atoms. The molecule has 0 saturated heterocycles. The molecule has 0 heterocycles. The molecular formula is C50H74ClF6NO3S. The lowest BCUT2D eigenvalue weighted by Gasteiger charge is -1.98. The van der Waals surface area contributed by atoms with E-state index in [2.05, 4.69) is 57.3 Å². The van der Waals surface area contributed by atoms with Crippen molar-refractivity contribution >= 4 is 27.2 Å².